The quantitative estimate of drug-likeness (QED) is 0.740. The molecule has 16 heavy (non-hydrogen) atoms. The van der Waals surface area contributed by atoms with Crippen LogP contribution in [0.4, 0.5) is 5.69 Å². The number of benzene rings is 1. The first-order valence-electron chi connectivity index (χ1n) is 4.85. The van der Waals surface area contributed by atoms with Crippen LogP contribution in [-0.2, 0) is 4.79 Å². The Labute approximate surface area is 113 Å². The molecule has 0 unspecified atom stereocenters. The maximum atomic E-state index is 11.8. The SMILES string of the molecule is Cc1cc(N2C(=O)CCSC2=S)ccc1Br. The number of nitrogens with zero attached hydrogens (tertiary/aromatic N) is 1. The van der Waals surface area contributed by atoms with E-state index < -0.39 is 0 Å². The summed E-state index contributed by atoms with van der Waals surface area (Å²) in [5, 5.41) is 0. The highest BCUT2D eigenvalue weighted by molar-refractivity contribution is 9.10. The van der Waals surface area contributed by atoms with Crippen LogP contribution in [0.2, 0.25) is 0 Å². The van der Waals surface area contributed by atoms with Crippen molar-refractivity contribution in [1.29, 1.82) is 0 Å². The number of halogens is 1. The number of rotatable bonds is 1. The van der Waals surface area contributed by atoms with Crippen molar-refractivity contribution in [2.24, 2.45) is 0 Å². The molecule has 0 saturated carbocycles. The van der Waals surface area contributed by atoms with Crippen LogP contribution in [-0.4, -0.2) is 16.0 Å². The number of thiocarbonyl (C=S) groups is 1. The van der Waals surface area contributed by atoms with Crippen LogP contribution in [0.15, 0.2) is 22.7 Å². The lowest BCUT2D eigenvalue weighted by Gasteiger charge is -2.27. The highest BCUT2D eigenvalue weighted by Gasteiger charge is 2.25. The summed E-state index contributed by atoms with van der Waals surface area (Å²) >= 11 is 10.2. The van der Waals surface area contributed by atoms with Gasteiger partial charge in [0.2, 0.25) is 5.91 Å². The molecular formula is C11H10BrNOS2. The molecule has 0 radical (unpaired) electrons. The van der Waals surface area contributed by atoms with E-state index in [2.05, 4.69) is 15.9 Å². The van der Waals surface area contributed by atoms with Crippen molar-refractivity contribution in [3.8, 4) is 0 Å². The van der Waals surface area contributed by atoms with Crippen molar-refractivity contribution < 1.29 is 4.79 Å². The average Bonchev–Trinajstić information content (AvgIpc) is 2.23. The lowest BCUT2D eigenvalue weighted by atomic mass is 10.2. The maximum absolute atomic E-state index is 11.8. The molecule has 0 bridgehead atoms. The van der Waals surface area contributed by atoms with Crippen molar-refractivity contribution in [3.05, 3.63) is 28.2 Å². The zero-order valence-corrected chi connectivity index (χ0v) is 11.9. The maximum Gasteiger partial charge on any atom is 0.233 e. The van der Waals surface area contributed by atoms with E-state index in [4.69, 9.17) is 12.2 Å². The van der Waals surface area contributed by atoms with Gasteiger partial charge in [-0.25, -0.2) is 0 Å². The summed E-state index contributed by atoms with van der Waals surface area (Å²) in [5.74, 6) is 0.884. The molecule has 1 aliphatic rings. The summed E-state index contributed by atoms with van der Waals surface area (Å²) in [6.45, 7) is 2.00. The Hall–Kier alpha value is -0.390. The number of aryl methyl sites for hydroxylation is 1. The van der Waals surface area contributed by atoms with E-state index in [0.29, 0.717) is 10.7 Å². The zero-order chi connectivity index (χ0) is 11.7. The Morgan fingerprint density at radius 2 is 2.25 bits per heavy atom. The molecular weight excluding hydrogens is 306 g/mol. The molecule has 0 N–H and O–H groups in total. The number of hydrogen-bond acceptors (Lipinski definition) is 3. The van der Waals surface area contributed by atoms with Gasteiger partial charge in [0.15, 0.2) is 0 Å². The molecule has 0 atom stereocenters. The van der Waals surface area contributed by atoms with Crippen LogP contribution in [0.1, 0.15) is 12.0 Å². The molecule has 1 fully saturated rings. The minimum Gasteiger partial charge on any atom is -0.274 e. The Kier molecular flexibility index (Phi) is 3.66. The summed E-state index contributed by atoms with van der Waals surface area (Å²) in [6, 6.07) is 5.83. The number of thioether (sulfide) groups is 1. The van der Waals surface area contributed by atoms with Crippen LogP contribution >= 0.6 is 39.9 Å². The normalized spacial score (nSPS) is 16.8. The van der Waals surface area contributed by atoms with Crippen LogP contribution in [0.3, 0.4) is 0 Å². The van der Waals surface area contributed by atoms with Gasteiger partial charge in [0.05, 0.1) is 5.69 Å². The van der Waals surface area contributed by atoms with Gasteiger partial charge in [-0.2, -0.15) is 0 Å². The van der Waals surface area contributed by atoms with Crippen LogP contribution in [0.5, 0.6) is 0 Å². The molecule has 1 aliphatic heterocycles. The van der Waals surface area contributed by atoms with Crippen LogP contribution in [0.25, 0.3) is 0 Å². The van der Waals surface area contributed by atoms with Gasteiger partial charge in [-0.1, -0.05) is 39.9 Å². The van der Waals surface area contributed by atoms with Gasteiger partial charge < -0.3 is 0 Å². The second-order valence-corrected chi connectivity index (χ2v) is 6.11. The third-order valence-electron chi connectivity index (χ3n) is 2.37. The lowest BCUT2D eigenvalue weighted by Crippen LogP contribution is -2.37. The van der Waals surface area contributed by atoms with E-state index in [-0.39, 0.29) is 5.91 Å². The van der Waals surface area contributed by atoms with Gasteiger partial charge >= 0.3 is 0 Å². The minimum absolute atomic E-state index is 0.0884. The van der Waals surface area contributed by atoms with Gasteiger partial charge in [-0.15, -0.1) is 0 Å². The standard InChI is InChI=1S/C11H10BrNOS2/c1-7-6-8(2-3-9(7)12)13-10(14)4-5-16-11(13)15/h2-3,6H,4-5H2,1H3. The van der Waals surface area contributed by atoms with E-state index in [9.17, 15) is 4.79 Å². The van der Waals surface area contributed by atoms with Crippen molar-refractivity contribution in [1.82, 2.24) is 0 Å². The molecule has 0 aromatic heterocycles. The highest BCUT2D eigenvalue weighted by Crippen LogP contribution is 2.28. The molecule has 2 rings (SSSR count). The van der Waals surface area contributed by atoms with E-state index in [1.54, 1.807) is 16.7 Å². The van der Waals surface area contributed by atoms with Gasteiger partial charge in [-0.05, 0) is 30.7 Å². The van der Waals surface area contributed by atoms with Crippen molar-refractivity contribution in [3.63, 3.8) is 0 Å². The fourth-order valence-corrected chi connectivity index (χ4v) is 3.01. The third-order valence-corrected chi connectivity index (χ3v) is 4.64. The molecule has 0 aliphatic carbocycles. The van der Waals surface area contributed by atoms with E-state index in [0.717, 1.165) is 21.5 Å². The predicted octanol–water partition coefficient (Wildman–Crippen LogP) is 3.51. The first-order chi connectivity index (χ1) is 7.59. The topological polar surface area (TPSA) is 20.3 Å². The molecule has 5 heteroatoms. The van der Waals surface area contributed by atoms with E-state index in [1.807, 2.05) is 25.1 Å². The molecule has 0 spiro atoms. The molecule has 1 aromatic carbocycles. The fraction of sp³-hybridized carbons (Fsp3) is 0.273. The Balaban J connectivity index is 2.38. The molecule has 1 amide bonds. The number of carbonyl (C=O) groups excluding carboxylic acids is 1. The first kappa shape index (κ1) is 12.1. The van der Waals surface area contributed by atoms with Gasteiger partial charge in [0, 0.05) is 16.6 Å². The van der Waals surface area contributed by atoms with Crippen molar-refractivity contribution in [2.75, 3.05) is 10.7 Å². The summed E-state index contributed by atoms with van der Waals surface area (Å²) in [7, 11) is 0. The summed E-state index contributed by atoms with van der Waals surface area (Å²) < 4.78 is 1.69. The largest absolute Gasteiger partial charge is 0.274 e. The molecule has 84 valence electrons. The van der Waals surface area contributed by atoms with Crippen LogP contribution in [0, 0.1) is 6.92 Å². The Bertz CT molecular complexity index is 445. The molecule has 1 aromatic rings. The average molecular weight is 316 g/mol. The van der Waals surface area contributed by atoms with Gasteiger partial charge in [0.25, 0.3) is 0 Å². The molecule has 1 heterocycles. The number of amides is 1. The van der Waals surface area contributed by atoms with Gasteiger partial charge in [0.1, 0.15) is 4.32 Å². The third kappa shape index (κ3) is 2.31. The summed E-state index contributed by atoms with van der Waals surface area (Å²) in [6.07, 6.45) is 0.555. The van der Waals surface area contributed by atoms with Crippen molar-refractivity contribution >= 4 is 55.8 Å². The first-order valence-corrected chi connectivity index (χ1v) is 7.04. The smallest absolute Gasteiger partial charge is 0.233 e. The number of carbonyl (C=O) groups is 1. The van der Waals surface area contributed by atoms with E-state index in [1.165, 1.54) is 0 Å². The van der Waals surface area contributed by atoms with Crippen LogP contribution < -0.4 is 4.90 Å². The van der Waals surface area contributed by atoms with Crippen molar-refractivity contribution in [2.45, 2.75) is 13.3 Å². The predicted molar refractivity (Wildman–Crippen MR) is 76.0 cm³/mol. The minimum atomic E-state index is 0.0884. The highest BCUT2D eigenvalue weighted by atomic mass is 79.9. The molecule has 1 saturated heterocycles. The van der Waals surface area contributed by atoms with Gasteiger partial charge in [-0.3, -0.25) is 9.69 Å². The Morgan fingerprint density at radius 1 is 1.50 bits per heavy atom. The van der Waals surface area contributed by atoms with E-state index >= 15 is 0 Å². The Morgan fingerprint density at radius 3 is 2.88 bits per heavy atom. The lowest BCUT2D eigenvalue weighted by molar-refractivity contribution is -0.117. The number of anilines is 1. The second kappa shape index (κ2) is 4.85. The molecule has 2 nitrogen and oxygen atoms in total. The summed E-state index contributed by atoms with van der Waals surface area (Å²) in [5.41, 5.74) is 1.96. The zero-order valence-electron chi connectivity index (χ0n) is 8.70. The second-order valence-electron chi connectivity index (χ2n) is 3.53. The fourth-order valence-electron chi connectivity index (χ4n) is 1.52. The summed E-state index contributed by atoms with van der Waals surface area (Å²) in [4.78, 5) is 13.4. The number of hydrogen-bond donors (Lipinski definition) is 0. The monoisotopic (exact) mass is 315 g/mol.